The zero-order valence-electron chi connectivity index (χ0n) is 8.98. The van der Waals surface area contributed by atoms with Crippen molar-refractivity contribution in [3.8, 4) is 0 Å². The van der Waals surface area contributed by atoms with E-state index in [1.165, 1.54) is 24.2 Å². The van der Waals surface area contributed by atoms with Gasteiger partial charge in [-0.3, -0.25) is 0 Å². The average Bonchev–Trinajstić information content (AvgIpc) is 2.93. The Kier molecular flexibility index (Phi) is 3.63. The molecule has 1 aromatic rings. The standard InChI is InChI=1S/C10H16N2O2S2/c11-7-9-10(4-6-15-9)16(13,14)12-5-3-8-1-2-8/h4,6,8,12H,1-3,5,7,11H2. The van der Waals surface area contributed by atoms with Crippen LogP contribution in [0.1, 0.15) is 24.1 Å². The number of thiophene rings is 1. The third kappa shape index (κ3) is 2.82. The molecule has 1 fully saturated rings. The molecule has 2 rings (SSSR count). The van der Waals surface area contributed by atoms with Crippen LogP contribution in [-0.2, 0) is 16.6 Å². The Hall–Kier alpha value is -0.430. The number of sulfonamides is 1. The highest BCUT2D eigenvalue weighted by molar-refractivity contribution is 7.89. The molecule has 1 heterocycles. The Morgan fingerprint density at radius 2 is 2.25 bits per heavy atom. The number of hydrogen-bond acceptors (Lipinski definition) is 4. The monoisotopic (exact) mass is 260 g/mol. The second kappa shape index (κ2) is 4.83. The third-order valence-corrected chi connectivity index (χ3v) is 5.34. The summed E-state index contributed by atoms with van der Waals surface area (Å²) in [6, 6.07) is 1.62. The van der Waals surface area contributed by atoms with Crippen LogP contribution in [0, 0.1) is 5.92 Å². The Labute approximate surface area is 99.9 Å². The molecule has 1 aromatic heterocycles. The summed E-state index contributed by atoms with van der Waals surface area (Å²) in [6.45, 7) is 0.809. The van der Waals surface area contributed by atoms with Crippen LogP contribution >= 0.6 is 11.3 Å². The summed E-state index contributed by atoms with van der Waals surface area (Å²) in [4.78, 5) is 1.06. The molecule has 1 aliphatic rings. The van der Waals surface area contributed by atoms with E-state index >= 15 is 0 Å². The van der Waals surface area contributed by atoms with Crippen molar-refractivity contribution in [2.45, 2.75) is 30.7 Å². The molecular formula is C10H16N2O2S2. The summed E-state index contributed by atoms with van der Waals surface area (Å²) < 4.78 is 26.5. The van der Waals surface area contributed by atoms with Crippen LogP contribution in [0.15, 0.2) is 16.3 Å². The van der Waals surface area contributed by atoms with Gasteiger partial charge in [-0.05, 0) is 23.8 Å². The fourth-order valence-electron chi connectivity index (χ4n) is 1.60. The Balaban J connectivity index is 1.99. The van der Waals surface area contributed by atoms with E-state index in [2.05, 4.69) is 4.72 Å². The summed E-state index contributed by atoms with van der Waals surface area (Å²) >= 11 is 1.38. The van der Waals surface area contributed by atoms with Gasteiger partial charge in [0.1, 0.15) is 0 Å². The highest BCUT2D eigenvalue weighted by atomic mass is 32.2. The van der Waals surface area contributed by atoms with Crippen LogP contribution in [0.5, 0.6) is 0 Å². The lowest BCUT2D eigenvalue weighted by molar-refractivity contribution is 0.574. The van der Waals surface area contributed by atoms with Crippen LogP contribution in [0.4, 0.5) is 0 Å². The van der Waals surface area contributed by atoms with E-state index in [0.29, 0.717) is 11.4 Å². The lowest BCUT2D eigenvalue weighted by atomic mass is 10.3. The lowest BCUT2D eigenvalue weighted by Gasteiger charge is -2.06. The topological polar surface area (TPSA) is 72.2 Å². The van der Waals surface area contributed by atoms with Crippen LogP contribution in [0.3, 0.4) is 0 Å². The van der Waals surface area contributed by atoms with E-state index in [9.17, 15) is 8.42 Å². The van der Waals surface area contributed by atoms with Gasteiger partial charge in [-0.15, -0.1) is 11.3 Å². The first-order valence-electron chi connectivity index (χ1n) is 5.39. The van der Waals surface area contributed by atoms with Crippen LogP contribution in [0.2, 0.25) is 0 Å². The largest absolute Gasteiger partial charge is 0.326 e. The molecular weight excluding hydrogens is 244 g/mol. The summed E-state index contributed by atoms with van der Waals surface area (Å²) in [7, 11) is -3.35. The molecule has 0 aromatic carbocycles. The molecule has 0 bridgehead atoms. The molecule has 1 saturated carbocycles. The van der Waals surface area contributed by atoms with Gasteiger partial charge in [0, 0.05) is 18.0 Å². The molecule has 0 saturated heterocycles. The number of rotatable bonds is 6. The van der Waals surface area contributed by atoms with Gasteiger partial charge in [0.25, 0.3) is 0 Å². The summed E-state index contributed by atoms with van der Waals surface area (Å²) in [5.74, 6) is 0.735. The quantitative estimate of drug-likeness (QED) is 0.809. The molecule has 0 unspecified atom stereocenters. The average molecular weight is 260 g/mol. The van der Waals surface area contributed by atoms with E-state index in [-0.39, 0.29) is 6.54 Å². The van der Waals surface area contributed by atoms with Crippen molar-refractivity contribution in [2.75, 3.05) is 6.54 Å². The Morgan fingerprint density at radius 1 is 1.50 bits per heavy atom. The second-order valence-electron chi connectivity index (χ2n) is 4.04. The zero-order valence-corrected chi connectivity index (χ0v) is 10.6. The first kappa shape index (κ1) is 12.0. The molecule has 3 N–H and O–H groups in total. The smallest absolute Gasteiger partial charge is 0.241 e. The number of nitrogens with one attached hydrogen (secondary N) is 1. The summed E-state index contributed by atoms with van der Waals surface area (Å²) in [5.41, 5.74) is 5.50. The molecule has 0 amide bonds. The fraction of sp³-hybridized carbons (Fsp3) is 0.600. The van der Waals surface area contributed by atoms with E-state index in [0.717, 1.165) is 17.2 Å². The van der Waals surface area contributed by atoms with Gasteiger partial charge in [0.2, 0.25) is 10.0 Å². The first-order chi connectivity index (χ1) is 7.63. The maximum absolute atomic E-state index is 11.9. The number of hydrogen-bond donors (Lipinski definition) is 2. The molecule has 1 aliphatic carbocycles. The normalized spacial score (nSPS) is 16.6. The highest BCUT2D eigenvalue weighted by Gasteiger charge is 2.23. The van der Waals surface area contributed by atoms with Crippen molar-refractivity contribution in [3.05, 3.63) is 16.3 Å². The minimum absolute atomic E-state index is 0.274. The SMILES string of the molecule is NCc1sccc1S(=O)(=O)NCCC1CC1. The predicted molar refractivity (Wildman–Crippen MR) is 64.7 cm³/mol. The van der Waals surface area contributed by atoms with Gasteiger partial charge in [0.05, 0.1) is 4.90 Å². The lowest BCUT2D eigenvalue weighted by Crippen LogP contribution is -2.25. The van der Waals surface area contributed by atoms with E-state index in [4.69, 9.17) is 5.73 Å². The Morgan fingerprint density at radius 3 is 2.88 bits per heavy atom. The van der Waals surface area contributed by atoms with Crippen LogP contribution < -0.4 is 10.5 Å². The summed E-state index contributed by atoms with van der Waals surface area (Å²) in [5, 5.41) is 1.76. The molecule has 4 nitrogen and oxygen atoms in total. The molecule has 0 radical (unpaired) electrons. The van der Waals surface area contributed by atoms with Crippen molar-refractivity contribution in [1.29, 1.82) is 0 Å². The van der Waals surface area contributed by atoms with E-state index in [1.807, 2.05) is 0 Å². The summed E-state index contributed by atoms with van der Waals surface area (Å²) in [6.07, 6.45) is 3.43. The molecule has 90 valence electrons. The van der Waals surface area contributed by atoms with Gasteiger partial charge in [0.15, 0.2) is 0 Å². The predicted octanol–water partition coefficient (Wildman–Crippen LogP) is 1.29. The second-order valence-corrected chi connectivity index (χ2v) is 6.78. The third-order valence-electron chi connectivity index (χ3n) is 2.72. The van der Waals surface area contributed by atoms with Gasteiger partial charge in [-0.25, -0.2) is 13.1 Å². The van der Waals surface area contributed by atoms with E-state index in [1.54, 1.807) is 11.4 Å². The zero-order chi connectivity index (χ0) is 11.6. The van der Waals surface area contributed by atoms with Gasteiger partial charge < -0.3 is 5.73 Å². The van der Waals surface area contributed by atoms with Gasteiger partial charge >= 0.3 is 0 Å². The minimum Gasteiger partial charge on any atom is -0.326 e. The van der Waals surface area contributed by atoms with Crippen LogP contribution in [-0.4, -0.2) is 15.0 Å². The minimum atomic E-state index is -3.35. The van der Waals surface area contributed by atoms with Gasteiger partial charge in [-0.1, -0.05) is 12.8 Å². The van der Waals surface area contributed by atoms with Crippen molar-refractivity contribution >= 4 is 21.4 Å². The maximum atomic E-state index is 11.9. The number of nitrogens with two attached hydrogens (primary N) is 1. The molecule has 16 heavy (non-hydrogen) atoms. The maximum Gasteiger partial charge on any atom is 0.241 e. The molecule has 0 spiro atoms. The van der Waals surface area contributed by atoms with E-state index < -0.39 is 10.0 Å². The highest BCUT2D eigenvalue weighted by Crippen LogP contribution is 2.32. The van der Waals surface area contributed by atoms with Crippen LogP contribution in [0.25, 0.3) is 0 Å². The molecule has 6 heteroatoms. The molecule has 0 aliphatic heterocycles. The van der Waals surface area contributed by atoms with Crippen molar-refractivity contribution in [1.82, 2.24) is 4.72 Å². The van der Waals surface area contributed by atoms with Crippen molar-refractivity contribution < 1.29 is 8.42 Å². The fourth-order valence-corrected chi connectivity index (χ4v) is 3.98. The first-order valence-corrected chi connectivity index (χ1v) is 7.76. The van der Waals surface area contributed by atoms with Crippen molar-refractivity contribution in [2.24, 2.45) is 11.7 Å². The Bertz CT molecular complexity index is 449. The van der Waals surface area contributed by atoms with Crippen molar-refractivity contribution in [3.63, 3.8) is 0 Å². The molecule has 0 atom stereocenters. The van der Waals surface area contributed by atoms with Gasteiger partial charge in [-0.2, -0.15) is 0 Å².